The average Bonchev–Trinajstić information content (AvgIpc) is 3.59. The van der Waals surface area contributed by atoms with Gasteiger partial charge >= 0.3 is 0 Å². The van der Waals surface area contributed by atoms with E-state index >= 15 is 0 Å². The number of nitrogens with zero attached hydrogens (tertiary/aromatic N) is 1. The molecule has 0 bridgehead atoms. The fraction of sp³-hybridized carbons (Fsp3) is 0.391. The Balaban J connectivity index is 1.62. The van der Waals surface area contributed by atoms with Crippen LogP contribution >= 0.6 is 34.2 Å². The topological polar surface area (TPSA) is 110 Å². The molecule has 7 nitrogen and oxygen atoms in total. The number of carbonyl (C=O) groups is 2. The molecule has 0 spiro atoms. The molecule has 2 aromatic carbocycles. The predicted molar refractivity (Wildman–Crippen MR) is 135 cm³/mol. The van der Waals surface area contributed by atoms with Crippen LogP contribution in [0.15, 0.2) is 41.3 Å². The third kappa shape index (κ3) is 5.47. The molecule has 2 fully saturated rings. The fourth-order valence-electron chi connectivity index (χ4n) is 4.40. The van der Waals surface area contributed by atoms with Crippen LogP contribution in [0.5, 0.6) is 0 Å². The predicted octanol–water partition coefficient (Wildman–Crippen LogP) is 3.94. The lowest BCUT2D eigenvalue weighted by atomic mass is 10.0. The summed E-state index contributed by atoms with van der Waals surface area (Å²) in [7, 11) is -4.02. The summed E-state index contributed by atoms with van der Waals surface area (Å²) in [5.41, 5.74) is 0.0924. The summed E-state index contributed by atoms with van der Waals surface area (Å²) >= 11 is 7.85. The summed E-state index contributed by atoms with van der Waals surface area (Å²) in [5, 5.41) is 7.69. The summed E-state index contributed by atoms with van der Waals surface area (Å²) in [6.45, 7) is 1.80. The minimum absolute atomic E-state index is 0.0125. The quantitative estimate of drug-likeness (QED) is 0.284. The van der Waals surface area contributed by atoms with Gasteiger partial charge in [-0.3, -0.25) is 9.59 Å². The van der Waals surface area contributed by atoms with Gasteiger partial charge in [0.25, 0.3) is 5.91 Å². The van der Waals surface area contributed by atoms with Gasteiger partial charge in [-0.2, -0.15) is 0 Å². The maximum atomic E-state index is 14.7. The van der Waals surface area contributed by atoms with Crippen LogP contribution in [0.4, 0.5) is 8.78 Å². The van der Waals surface area contributed by atoms with Gasteiger partial charge in [-0.25, -0.2) is 22.3 Å². The molecule has 35 heavy (non-hydrogen) atoms. The van der Waals surface area contributed by atoms with E-state index in [4.69, 9.17) is 16.7 Å². The molecule has 1 saturated heterocycles. The molecule has 2 aromatic rings. The van der Waals surface area contributed by atoms with Gasteiger partial charge in [0, 0.05) is 21.1 Å². The number of hydrogen-bond acceptors (Lipinski definition) is 4. The molecule has 0 aromatic heterocycles. The van der Waals surface area contributed by atoms with E-state index in [-0.39, 0.29) is 36.9 Å². The van der Waals surface area contributed by atoms with Crippen LogP contribution < -0.4 is 10.5 Å². The van der Waals surface area contributed by atoms with Gasteiger partial charge in [-0.15, -0.1) is 0 Å². The molecule has 0 radical (unpaired) electrons. The van der Waals surface area contributed by atoms with Crippen LogP contribution in [0, 0.1) is 17.6 Å². The van der Waals surface area contributed by atoms with Crippen LogP contribution in [-0.2, 0) is 14.8 Å². The maximum absolute atomic E-state index is 14.7. The molecule has 12 heteroatoms. The number of primary sulfonamides is 1. The molecular weight excluding hydrogens is 615 g/mol. The van der Waals surface area contributed by atoms with E-state index < -0.39 is 45.6 Å². The number of alkyl halides is 1. The molecule has 2 aliphatic rings. The van der Waals surface area contributed by atoms with E-state index in [1.807, 2.05) is 0 Å². The van der Waals surface area contributed by atoms with E-state index in [0.29, 0.717) is 6.42 Å². The number of likely N-dealkylation sites (tertiary alicyclic amines) is 1. The number of carbonyl (C=O) groups excluding carboxylic acids is 2. The Hall–Kier alpha value is -1.83. The van der Waals surface area contributed by atoms with Crippen LogP contribution in [0.2, 0.25) is 5.02 Å². The molecule has 2 amide bonds. The van der Waals surface area contributed by atoms with Crippen LogP contribution in [0.25, 0.3) is 0 Å². The zero-order valence-corrected chi connectivity index (χ0v) is 22.3. The second kappa shape index (κ2) is 9.91. The highest BCUT2D eigenvalue weighted by Gasteiger charge is 2.46. The molecule has 1 saturated carbocycles. The number of rotatable bonds is 6. The van der Waals surface area contributed by atoms with Gasteiger partial charge < -0.3 is 10.2 Å². The lowest BCUT2D eigenvalue weighted by Crippen LogP contribution is -2.49. The van der Waals surface area contributed by atoms with Gasteiger partial charge in [0.05, 0.1) is 16.0 Å². The fourth-order valence-corrected chi connectivity index (χ4v) is 5.94. The molecule has 3 N–H and O–H groups in total. The summed E-state index contributed by atoms with van der Waals surface area (Å²) in [6.07, 6.45) is 1.84. The first-order chi connectivity index (χ1) is 16.4. The van der Waals surface area contributed by atoms with E-state index in [1.54, 1.807) is 6.92 Å². The highest BCUT2D eigenvalue weighted by atomic mass is 127. The number of hydrogen-bond donors (Lipinski definition) is 2. The lowest BCUT2D eigenvalue weighted by Gasteiger charge is -2.30. The molecule has 4 rings (SSSR count). The molecule has 0 unspecified atom stereocenters. The second-order valence-electron chi connectivity index (χ2n) is 8.90. The molecule has 1 aliphatic heterocycles. The monoisotopic (exact) mass is 637 g/mol. The first-order valence-electron chi connectivity index (χ1n) is 10.9. The highest BCUT2D eigenvalue weighted by molar-refractivity contribution is 14.1. The summed E-state index contributed by atoms with van der Waals surface area (Å²) < 4.78 is 52.2. The van der Waals surface area contributed by atoms with Gasteiger partial charge in [0.2, 0.25) is 15.9 Å². The summed E-state index contributed by atoms with van der Waals surface area (Å²) in [6, 6.07) is 5.25. The number of nitrogens with two attached hydrogens (primary N) is 1. The van der Waals surface area contributed by atoms with Crippen molar-refractivity contribution in [1.29, 1.82) is 0 Å². The third-order valence-corrected chi connectivity index (χ3v) is 9.21. The molecule has 4 atom stereocenters. The third-order valence-electron chi connectivity index (χ3n) is 6.46. The number of sulfonamides is 1. The highest BCUT2D eigenvalue weighted by Crippen LogP contribution is 2.43. The van der Waals surface area contributed by atoms with Crippen molar-refractivity contribution in [2.24, 2.45) is 11.1 Å². The lowest BCUT2D eigenvalue weighted by molar-refractivity contribution is -0.126. The molecule has 1 aliphatic carbocycles. The number of benzene rings is 2. The normalized spacial score (nSPS) is 23.3. The van der Waals surface area contributed by atoms with Crippen LogP contribution in [0.3, 0.4) is 0 Å². The number of amides is 2. The van der Waals surface area contributed by atoms with Crippen molar-refractivity contribution in [2.45, 2.75) is 53.1 Å². The van der Waals surface area contributed by atoms with Crippen molar-refractivity contribution in [2.75, 3.05) is 0 Å². The minimum Gasteiger partial charge on any atom is -0.347 e. The van der Waals surface area contributed by atoms with E-state index in [9.17, 15) is 26.8 Å². The Morgan fingerprint density at radius 2 is 1.89 bits per heavy atom. The van der Waals surface area contributed by atoms with Crippen LogP contribution in [0.1, 0.15) is 48.1 Å². The van der Waals surface area contributed by atoms with Crippen molar-refractivity contribution in [3.8, 4) is 0 Å². The van der Waals surface area contributed by atoms with Crippen LogP contribution in [-0.4, -0.2) is 41.1 Å². The van der Waals surface area contributed by atoms with Crippen molar-refractivity contribution >= 4 is 56.0 Å². The minimum atomic E-state index is -4.02. The van der Waals surface area contributed by atoms with Crippen molar-refractivity contribution in [1.82, 2.24) is 10.2 Å². The smallest absolute Gasteiger partial charge is 0.254 e. The Bertz CT molecular complexity index is 1290. The second-order valence-corrected chi connectivity index (χ2v) is 12.5. The Morgan fingerprint density at radius 3 is 2.51 bits per heavy atom. The zero-order valence-electron chi connectivity index (χ0n) is 18.5. The van der Waals surface area contributed by atoms with Gasteiger partial charge in [0.15, 0.2) is 0 Å². The van der Waals surface area contributed by atoms with Crippen molar-refractivity contribution in [3.05, 3.63) is 64.2 Å². The van der Waals surface area contributed by atoms with Gasteiger partial charge in [-0.1, -0.05) is 40.3 Å². The molecular formula is C23H23ClF2IN3O4S. The van der Waals surface area contributed by atoms with Crippen molar-refractivity contribution < 1.29 is 26.8 Å². The first kappa shape index (κ1) is 26.2. The Kier molecular flexibility index (Phi) is 7.43. The Morgan fingerprint density at radius 1 is 1.20 bits per heavy atom. The SMILES string of the molecule is C[C@@H]1[C@H](I)C[C@H](C(=O)N[C@@H](c2cc(F)c(Cl)cc2F)C2CC2)N1C(=O)c1cccc(S(N)(=O)=O)c1. The largest absolute Gasteiger partial charge is 0.347 e. The van der Waals surface area contributed by atoms with Crippen molar-refractivity contribution in [3.63, 3.8) is 0 Å². The zero-order chi connectivity index (χ0) is 25.7. The first-order valence-corrected chi connectivity index (χ1v) is 14.1. The molecule has 1 heterocycles. The van der Waals surface area contributed by atoms with Gasteiger partial charge in [0.1, 0.15) is 17.7 Å². The number of nitrogens with one attached hydrogen (secondary N) is 1. The summed E-state index contributed by atoms with van der Waals surface area (Å²) in [5.74, 6) is -2.56. The van der Waals surface area contributed by atoms with E-state index in [0.717, 1.165) is 25.0 Å². The van der Waals surface area contributed by atoms with E-state index in [1.165, 1.54) is 29.2 Å². The molecule has 188 valence electrons. The Labute approximate surface area is 220 Å². The standard InChI is InChI=1S/C23H23ClF2IN3O4S/c1-11-19(27)10-20(30(11)23(32)13-3-2-4-14(7-13)35(28,33)34)22(31)29-21(12-5-6-12)15-8-18(26)16(24)9-17(15)25/h2-4,7-9,11-12,19-21H,5-6,10H2,1H3,(H,29,31)(H2,28,33,34)/t11-,19-,20-,21-/m1/s1. The maximum Gasteiger partial charge on any atom is 0.254 e. The summed E-state index contributed by atoms with van der Waals surface area (Å²) in [4.78, 5) is 28.0. The number of halogens is 4. The van der Waals surface area contributed by atoms with E-state index in [2.05, 4.69) is 27.9 Å². The average molecular weight is 638 g/mol. The van der Waals surface area contributed by atoms with Gasteiger partial charge in [-0.05, 0) is 62.4 Å².